The molecule has 1 aromatic carbocycles. The molecule has 0 fully saturated rings. The van der Waals surface area contributed by atoms with Crippen LogP contribution in [0.2, 0.25) is 0 Å². The fraction of sp³-hybridized carbons (Fsp3) is 0.167. The average molecular weight is 293 g/mol. The molecule has 0 saturated heterocycles. The zero-order valence-corrected chi connectivity index (χ0v) is 10.3. The number of aromatic nitrogens is 4. The zero-order chi connectivity index (χ0) is 14.8. The number of fused-ring (bicyclic) bond motifs is 5. The van der Waals surface area contributed by atoms with Crippen molar-refractivity contribution in [1.29, 1.82) is 0 Å². The lowest BCUT2D eigenvalue weighted by Gasteiger charge is -2.09. The smallest absolute Gasteiger partial charge is 0.345 e. The van der Waals surface area contributed by atoms with Gasteiger partial charge in [-0.25, -0.2) is 9.55 Å². The van der Waals surface area contributed by atoms with Gasteiger partial charge in [0.05, 0.1) is 17.6 Å². The Morgan fingerprint density at radius 1 is 1.24 bits per heavy atom. The number of carbonyl (C=O) groups is 1. The Morgan fingerprint density at radius 3 is 2.81 bits per heavy atom. The van der Waals surface area contributed by atoms with Crippen LogP contribution in [-0.2, 0) is 6.18 Å². The van der Waals surface area contributed by atoms with Gasteiger partial charge in [-0.05, 0) is 12.1 Å². The minimum absolute atomic E-state index is 0.0170. The van der Waals surface area contributed by atoms with Crippen molar-refractivity contribution >= 4 is 22.8 Å². The highest BCUT2D eigenvalue weighted by atomic mass is 19.4. The number of halogens is 3. The summed E-state index contributed by atoms with van der Waals surface area (Å²) in [6.07, 6.45) is -4.53. The predicted molar refractivity (Wildman–Crippen MR) is 66.1 cm³/mol. The minimum atomic E-state index is -4.53. The highest BCUT2D eigenvalue weighted by Gasteiger charge is 2.37. The Kier molecular flexibility index (Phi) is 2.12. The Bertz CT molecular complexity index is 869. The molecule has 0 aliphatic carbocycles. The van der Waals surface area contributed by atoms with Gasteiger partial charge in [0.15, 0.2) is 5.82 Å². The van der Waals surface area contributed by atoms with Crippen LogP contribution in [0, 0.1) is 0 Å². The van der Waals surface area contributed by atoms with E-state index in [1.807, 2.05) is 0 Å². The summed E-state index contributed by atoms with van der Waals surface area (Å²) in [5, 5.41) is 10.1. The summed E-state index contributed by atoms with van der Waals surface area (Å²) in [4.78, 5) is 15.9. The van der Waals surface area contributed by atoms with Gasteiger partial charge < -0.3 is 5.32 Å². The van der Waals surface area contributed by atoms with Crippen molar-refractivity contribution < 1.29 is 18.0 Å². The molecular weight excluding hydrogens is 287 g/mol. The maximum Gasteiger partial charge on any atom is 0.417 e. The first kappa shape index (κ1) is 12.1. The van der Waals surface area contributed by atoms with Gasteiger partial charge in [-0.15, -0.1) is 10.2 Å². The average Bonchev–Trinajstić information content (AvgIpc) is 2.97. The number of alkyl halides is 3. The Labute approximate surface area is 114 Å². The van der Waals surface area contributed by atoms with Crippen molar-refractivity contribution in [3.8, 4) is 11.5 Å². The van der Waals surface area contributed by atoms with E-state index in [1.54, 1.807) is 0 Å². The molecule has 0 atom stereocenters. The molecule has 4 rings (SSSR count). The normalized spacial score (nSPS) is 14.7. The molecular formula is C12H6F3N5O. The van der Waals surface area contributed by atoms with Crippen molar-refractivity contribution in [2.45, 2.75) is 6.18 Å². The maximum atomic E-state index is 13.1. The molecule has 0 bridgehead atoms. The van der Waals surface area contributed by atoms with E-state index in [4.69, 9.17) is 0 Å². The molecule has 3 heterocycles. The van der Waals surface area contributed by atoms with Gasteiger partial charge >= 0.3 is 6.18 Å². The molecule has 0 saturated carbocycles. The first-order valence-electron chi connectivity index (χ1n) is 5.99. The van der Waals surface area contributed by atoms with Crippen LogP contribution in [0.5, 0.6) is 0 Å². The van der Waals surface area contributed by atoms with Gasteiger partial charge in [-0.1, -0.05) is 6.07 Å². The number of nitrogens with one attached hydrogen (secondary N) is 1. The molecule has 6 nitrogen and oxygen atoms in total. The molecule has 0 radical (unpaired) electrons. The van der Waals surface area contributed by atoms with Crippen molar-refractivity contribution in [3.63, 3.8) is 0 Å². The van der Waals surface area contributed by atoms with E-state index in [9.17, 15) is 18.0 Å². The number of hydrogen-bond donors (Lipinski definition) is 1. The van der Waals surface area contributed by atoms with Gasteiger partial charge in [-0.3, -0.25) is 4.79 Å². The number of rotatable bonds is 0. The lowest BCUT2D eigenvalue weighted by atomic mass is 10.1. The number of carbonyl (C=O) groups excluding carboxylic acids is 1. The molecule has 1 aromatic rings. The second kappa shape index (κ2) is 3.68. The molecule has 0 unspecified atom stereocenters. The van der Waals surface area contributed by atoms with Crippen LogP contribution in [-0.4, -0.2) is 32.2 Å². The van der Waals surface area contributed by atoms with Gasteiger partial charge in [0.25, 0.3) is 5.91 Å². The Balaban J connectivity index is 2.13. The predicted octanol–water partition coefficient (Wildman–Crippen LogP) is 2.02. The third kappa shape index (κ3) is 1.54. The Hall–Kier alpha value is -2.71. The molecule has 0 amide bonds. The lowest BCUT2D eigenvalue weighted by Crippen LogP contribution is -2.12. The summed E-state index contributed by atoms with van der Waals surface area (Å²) in [6.45, 7) is 0.0170. The topological polar surface area (TPSA) is 72.7 Å². The van der Waals surface area contributed by atoms with Crippen LogP contribution in [0.1, 0.15) is 10.4 Å². The quantitative estimate of drug-likeness (QED) is 0.686. The summed E-state index contributed by atoms with van der Waals surface area (Å²) in [6, 6.07) is 3.69. The van der Waals surface area contributed by atoms with E-state index >= 15 is 0 Å². The molecule has 3 aliphatic heterocycles. The maximum absolute atomic E-state index is 13.1. The van der Waals surface area contributed by atoms with E-state index in [1.165, 1.54) is 12.1 Å². The molecule has 0 spiro atoms. The summed E-state index contributed by atoms with van der Waals surface area (Å²) in [7, 11) is 0. The first-order chi connectivity index (χ1) is 9.97. The van der Waals surface area contributed by atoms with E-state index in [-0.39, 0.29) is 40.8 Å². The van der Waals surface area contributed by atoms with E-state index in [0.717, 1.165) is 10.6 Å². The first-order valence-corrected chi connectivity index (χ1v) is 5.99. The molecule has 106 valence electrons. The van der Waals surface area contributed by atoms with E-state index in [2.05, 4.69) is 20.5 Å². The standard InChI is InChI=1S/C12H6F3N5O/c13-12(14,15)5-2-1-3-6-8(5)9-10(17-6)20-7(21)4-16-11(20)19-18-9/h1-3H,4H2,(H,16,19). The molecule has 9 heteroatoms. The summed E-state index contributed by atoms with van der Waals surface area (Å²) < 4.78 is 40.5. The monoisotopic (exact) mass is 293 g/mol. The van der Waals surface area contributed by atoms with E-state index in [0.29, 0.717) is 0 Å². The fourth-order valence-electron chi connectivity index (χ4n) is 2.47. The summed E-state index contributed by atoms with van der Waals surface area (Å²) in [5.41, 5.74) is -0.732. The lowest BCUT2D eigenvalue weighted by molar-refractivity contribution is -0.136. The highest BCUT2D eigenvalue weighted by Crippen LogP contribution is 2.40. The highest BCUT2D eigenvalue weighted by molar-refractivity contribution is 6.01. The number of nitrogens with zero attached hydrogens (tertiary/aromatic N) is 4. The van der Waals surface area contributed by atoms with Crippen LogP contribution in [0.4, 0.5) is 19.1 Å². The third-order valence-corrected chi connectivity index (χ3v) is 3.34. The van der Waals surface area contributed by atoms with Gasteiger partial charge in [-0.2, -0.15) is 13.2 Å². The largest absolute Gasteiger partial charge is 0.417 e. The van der Waals surface area contributed by atoms with E-state index < -0.39 is 11.7 Å². The van der Waals surface area contributed by atoms with Crippen molar-refractivity contribution in [3.05, 3.63) is 23.8 Å². The SMILES string of the molecule is O=C1CNc2nnc3c4c(C(F)(F)F)cccc4nc-3n21. The summed E-state index contributed by atoms with van der Waals surface area (Å²) >= 11 is 0. The second-order valence-corrected chi connectivity index (χ2v) is 4.59. The molecule has 1 N–H and O–H groups in total. The van der Waals surface area contributed by atoms with Gasteiger partial charge in [0, 0.05) is 5.39 Å². The van der Waals surface area contributed by atoms with Crippen LogP contribution in [0.3, 0.4) is 0 Å². The van der Waals surface area contributed by atoms with Crippen LogP contribution in [0.25, 0.3) is 22.4 Å². The van der Waals surface area contributed by atoms with Crippen LogP contribution >= 0.6 is 0 Å². The van der Waals surface area contributed by atoms with Gasteiger partial charge in [0.2, 0.25) is 5.95 Å². The second-order valence-electron chi connectivity index (χ2n) is 4.59. The van der Waals surface area contributed by atoms with Crippen molar-refractivity contribution in [2.24, 2.45) is 0 Å². The zero-order valence-electron chi connectivity index (χ0n) is 10.3. The number of hydrogen-bond acceptors (Lipinski definition) is 5. The van der Waals surface area contributed by atoms with Crippen molar-refractivity contribution in [2.75, 3.05) is 11.9 Å². The molecule has 21 heavy (non-hydrogen) atoms. The van der Waals surface area contributed by atoms with Gasteiger partial charge in [0.1, 0.15) is 5.69 Å². The summed E-state index contributed by atoms with van der Waals surface area (Å²) in [5.74, 6) is -0.0631. The van der Waals surface area contributed by atoms with Crippen molar-refractivity contribution in [1.82, 2.24) is 19.7 Å². The van der Waals surface area contributed by atoms with Crippen LogP contribution < -0.4 is 5.32 Å². The minimum Gasteiger partial charge on any atom is -0.345 e. The fourth-order valence-corrected chi connectivity index (χ4v) is 2.47. The third-order valence-electron chi connectivity index (χ3n) is 3.34. The molecule has 3 aliphatic rings. The Morgan fingerprint density at radius 2 is 2.05 bits per heavy atom. The number of benzene rings is 1. The molecule has 0 aromatic heterocycles. The number of anilines is 1. The van der Waals surface area contributed by atoms with Crippen LogP contribution in [0.15, 0.2) is 18.2 Å².